The zero-order chi connectivity index (χ0) is 18.8. The van der Waals surface area contributed by atoms with Gasteiger partial charge in [0.1, 0.15) is 11.8 Å². The minimum absolute atomic E-state index is 0.367. The third-order valence-electron chi connectivity index (χ3n) is 4.70. The second-order valence-electron chi connectivity index (χ2n) is 6.34. The van der Waals surface area contributed by atoms with Crippen molar-refractivity contribution in [1.29, 1.82) is 0 Å². The number of hydrogen-bond donors (Lipinski definition) is 0. The van der Waals surface area contributed by atoms with Gasteiger partial charge in [-0.2, -0.15) is 0 Å². The van der Waals surface area contributed by atoms with E-state index in [0.717, 1.165) is 11.1 Å². The van der Waals surface area contributed by atoms with Crippen LogP contribution in [0.15, 0.2) is 47.2 Å². The molecule has 134 valence electrons. The van der Waals surface area contributed by atoms with Crippen molar-refractivity contribution >= 4 is 31.4 Å². The summed E-state index contributed by atoms with van der Waals surface area (Å²) >= 11 is 6.32. The van der Waals surface area contributed by atoms with Crippen LogP contribution in [0.2, 0.25) is 10.8 Å². The van der Waals surface area contributed by atoms with E-state index in [1.54, 1.807) is 12.1 Å². The van der Waals surface area contributed by atoms with Crippen LogP contribution in [0.5, 0.6) is 0 Å². The van der Waals surface area contributed by atoms with Crippen molar-refractivity contribution in [3.63, 3.8) is 0 Å². The first-order chi connectivity index (χ1) is 12.4. The molecular weight excluding hydrogens is 352 g/mol. The highest BCUT2D eigenvalue weighted by atomic mass is 35.5. The number of rotatable bonds is 4. The molecule has 2 radical (unpaired) electrons. The molecule has 1 aromatic carbocycles. The topological polar surface area (TPSA) is 55.8 Å². The average molecular weight is 372 g/mol. The number of hydrogen-bond acceptors (Lipinski definition) is 5. The molecule has 7 heteroatoms. The van der Waals surface area contributed by atoms with Crippen LogP contribution < -0.4 is 0 Å². The van der Waals surface area contributed by atoms with Crippen LogP contribution in [0, 0.1) is 0 Å². The number of ether oxygens (including phenoxy) is 2. The van der Waals surface area contributed by atoms with Crippen molar-refractivity contribution in [2.45, 2.75) is 25.2 Å². The third-order valence-corrected chi connectivity index (χ3v) is 5.05. The van der Waals surface area contributed by atoms with Gasteiger partial charge < -0.3 is 9.47 Å². The van der Waals surface area contributed by atoms with E-state index in [2.05, 4.69) is 0 Å². The number of esters is 2. The van der Waals surface area contributed by atoms with E-state index in [1.165, 1.54) is 14.0 Å². The molecule has 1 aliphatic heterocycles. The maximum atomic E-state index is 12.5. The molecule has 0 fully saturated rings. The van der Waals surface area contributed by atoms with E-state index in [4.69, 9.17) is 28.9 Å². The lowest BCUT2D eigenvalue weighted by Gasteiger charge is -2.34. The summed E-state index contributed by atoms with van der Waals surface area (Å²) in [6, 6.07) is 6.64. The lowest BCUT2D eigenvalue weighted by Crippen LogP contribution is -2.39. The zero-order valence-corrected chi connectivity index (χ0v) is 15.5. The van der Waals surface area contributed by atoms with Crippen LogP contribution >= 0.6 is 11.6 Å². The Kier molecular flexibility index (Phi) is 5.54. The zero-order valence-electron chi connectivity index (χ0n) is 14.7. The smallest absolute Gasteiger partial charge is 0.327 e. The van der Waals surface area contributed by atoms with Gasteiger partial charge in [-0.1, -0.05) is 35.4 Å². The van der Waals surface area contributed by atoms with E-state index in [-0.39, 0.29) is 5.97 Å². The molecular formula is C19H19BClNO4. The maximum absolute atomic E-state index is 12.5. The summed E-state index contributed by atoms with van der Waals surface area (Å²) in [7, 11) is 7.56. The summed E-state index contributed by atoms with van der Waals surface area (Å²) in [5.74, 6) is -0.717. The number of carbonyl (C=O) groups excluding carboxylic acids is 2. The Balaban J connectivity index is 1.88. The van der Waals surface area contributed by atoms with Gasteiger partial charge in [0.2, 0.25) is 0 Å². The number of halogens is 1. The van der Waals surface area contributed by atoms with Gasteiger partial charge in [-0.05, 0) is 29.7 Å². The first kappa shape index (κ1) is 18.7. The Morgan fingerprint density at radius 2 is 2.08 bits per heavy atom. The van der Waals surface area contributed by atoms with Crippen molar-refractivity contribution in [3.05, 3.63) is 57.8 Å². The molecule has 0 aromatic heterocycles. The van der Waals surface area contributed by atoms with Crippen molar-refractivity contribution in [2.75, 3.05) is 20.2 Å². The van der Waals surface area contributed by atoms with Crippen LogP contribution in [0.25, 0.3) is 0 Å². The van der Waals surface area contributed by atoms with Gasteiger partial charge in [0.05, 0.1) is 15.0 Å². The number of carbonyl (C=O) groups is 2. The molecule has 26 heavy (non-hydrogen) atoms. The molecule has 0 N–H and O–H groups in total. The fourth-order valence-electron chi connectivity index (χ4n) is 3.51. The number of allylic oxidation sites excluding steroid dienone is 1. The van der Waals surface area contributed by atoms with E-state index >= 15 is 0 Å². The summed E-state index contributed by atoms with van der Waals surface area (Å²) in [6.07, 6.45) is 2.48. The van der Waals surface area contributed by atoms with Crippen LogP contribution in [0.4, 0.5) is 0 Å². The van der Waals surface area contributed by atoms with E-state index < -0.39 is 17.8 Å². The van der Waals surface area contributed by atoms with Crippen molar-refractivity contribution in [1.82, 2.24) is 4.90 Å². The predicted molar refractivity (Wildman–Crippen MR) is 98.8 cm³/mol. The summed E-state index contributed by atoms with van der Waals surface area (Å²) in [4.78, 5) is 25.7. The summed E-state index contributed by atoms with van der Waals surface area (Å²) < 4.78 is 10.2. The summed E-state index contributed by atoms with van der Waals surface area (Å²) in [5.41, 5.74) is 2.72. The molecule has 0 saturated carbocycles. The van der Waals surface area contributed by atoms with Crippen molar-refractivity contribution in [2.24, 2.45) is 0 Å². The second kappa shape index (κ2) is 7.68. The molecule has 2 unspecified atom stereocenters. The number of nitrogens with zero attached hydrogens (tertiary/aromatic N) is 1. The summed E-state index contributed by atoms with van der Waals surface area (Å²) in [5, 5.41) is 0.516. The monoisotopic (exact) mass is 371 g/mol. The van der Waals surface area contributed by atoms with Gasteiger partial charge in [-0.15, -0.1) is 0 Å². The normalized spacial score (nSPS) is 21.0. The highest BCUT2D eigenvalue weighted by Crippen LogP contribution is 2.42. The highest BCUT2D eigenvalue weighted by Gasteiger charge is 2.36. The first-order valence-electron chi connectivity index (χ1n) is 8.36. The minimum Gasteiger partial charge on any atom is -0.468 e. The quantitative estimate of drug-likeness (QED) is 0.601. The molecule has 0 saturated heterocycles. The predicted octanol–water partition coefficient (Wildman–Crippen LogP) is 2.97. The standard InChI is InChI=1S/C19H19BClNO4/c1-11(23)26-16-9-12-10-22(8-7-13(12)17(16)20)18(19(24)25-2)14-5-3-4-6-15(14)21/h3-6,9,17-18H,7-8,10H2,1-2H3. The lowest BCUT2D eigenvalue weighted by molar-refractivity contribution is -0.147. The van der Waals surface area contributed by atoms with Gasteiger partial charge in [-0.25, -0.2) is 4.79 Å². The summed E-state index contributed by atoms with van der Waals surface area (Å²) in [6.45, 7) is 2.47. The lowest BCUT2D eigenvalue weighted by atomic mass is 9.78. The molecule has 2 atom stereocenters. The molecule has 1 aliphatic carbocycles. The molecule has 0 spiro atoms. The SMILES string of the molecule is [B]C1C(OC(C)=O)=CC2=C1CCN(C(C(=O)OC)c1ccccc1Cl)C2. The van der Waals surface area contributed by atoms with Crippen LogP contribution in [0.1, 0.15) is 24.9 Å². The Morgan fingerprint density at radius 3 is 2.73 bits per heavy atom. The van der Waals surface area contributed by atoms with Gasteiger partial charge >= 0.3 is 11.9 Å². The van der Waals surface area contributed by atoms with Crippen LogP contribution in [0.3, 0.4) is 0 Å². The Hall–Kier alpha value is -2.05. The van der Waals surface area contributed by atoms with Crippen LogP contribution in [-0.2, 0) is 19.1 Å². The Morgan fingerprint density at radius 1 is 1.35 bits per heavy atom. The third kappa shape index (κ3) is 3.57. The fourth-order valence-corrected chi connectivity index (χ4v) is 3.75. The second-order valence-corrected chi connectivity index (χ2v) is 6.74. The van der Waals surface area contributed by atoms with E-state index in [9.17, 15) is 9.59 Å². The fraction of sp³-hybridized carbons (Fsp3) is 0.368. The highest BCUT2D eigenvalue weighted by molar-refractivity contribution is 6.31. The first-order valence-corrected chi connectivity index (χ1v) is 8.74. The van der Waals surface area contributed by atoms with E-state index in [1.807, 2.05) is 23.1 Å². The van der Waals surface area contributed by atoms with Crippen LogP contribution in [-0.4, -0.2) is 44.9 Å². The molecule has 2 aliphatic rings. The average Bonchev–Trinajstić information content (AvgIpc) is 2.91. The number of methoxy groups -OCH3 is 1. The van der Waals surface area contributed by atoms with Crippen molar-refractivity contribution in [3.8, 4) is 0 Å². The molecule has 0 bridgehead atoms. The van der Waals surface area contributed by atoms with E-state index in [0.29, 0.717) is 35.9 Å². The Bertz CT molecular complexity index is 804. The van der Waals surface area contributed by atoms with Gasteiger partial charge in [0.25, 0.3) is 0 Å². The molecule has 1 aromatic rings. The van der Waals surface area contributed by atoms with Gasteiger partial charge in [-0.3, -0.25) is 9.69 Å². The maximum Gasteiger partial charge on any atom is 0.327 e. The largest absolute Gasteiger partial charge is 0.468 e. The van der Waals surface area contributed by atoms with Crippen molar-refractivity contribution < 1.29 is 19.1 Å². The van der Waals surface area contributed by atoms with Gasteiger partial charge in [0.15, 0.2) is 0 Å². The Labute approximate surface area is 159 Å². The molecule has 0 amide bonds. The molecule has 1 heterocycles. The molecule has 5 nitrogen and oxygen atoms in total. The van der Waals surface area contributed by atoms with Gasteiger partial charge in [0, 0.05) is 30.9 Å². The number of benzene rings is 1. The minimum atomic E-state index is -0.606. The molecule has 3 rings (SSSR count).